The number of aromatic amines is 1. The normalized spacial score (nSPS) is 13.5. The predicted molar refractivity (Wildman–Crippen MR) is 126 cm³/mol. The van der Waals surface area contributed by atoms with Gasteiger partial charge in [-0.05, 0) is 44.0 Å². The van der Waals surface area contributed by atoms with E-state index >= 15 is 0 Å². The Bertz CT molecular complexity index is 1470. The lowest BCUT2D eigenvalue weighted by atomic mass is 10.2. The smallest absolute Gasteiger partial charge is 0.261 e. The van der Waals surface area contributed by atoms with Crippen molar-refractivity contribution in [3.8, 4) is 0 Å². The molecule has 0 atom stereocenters. The Morgan fingerprint density at radius 2 is 1.70 bits per heavy atom. The third kappa shape index (κ3) is 4.16. The molecular weight excluding hydrogens is 418 g/mol. The fourth-order valence-corrected chi connectivity index (χ4v) is 4.22. The molecule has 1 N–H and O–H groups in total. The Morgan fingerprint density at radius 3 is 2.39 bits per heavy atom. The molecule has 1 aliphatic carbocycles. The molecule has 2 heterocycles. The Balaban J connectivity index is 1.36. The largest absolute Gasteiger partial charge is 0.335 e. The molecule has 0 spiro atoms. The van der Waals surface area contributed by atoms with Gasteiger partial charge in [-0.25, -0.2) is 9.97 Å². The van der Waals surface area contributed by atoms with E-state index in [1.165, 1.54) is 0 Å². The van der Waals surface area contributed by atoms with E-state index in [1.54, 1.807) is 33.7 Å². The number of carbonyl (C=O) groups excluding carboxylic acids is 1. The summed E-state index contributed by atoms with van der Waals surface area (Å²) in [6.45, 7) is 2.59. The summed E-state index contributed by atoms with van der Waals surface area (Å²) in [6, 6.07) is 14.7. The number of rotatable bonds is 7. The standard InChI is InChI=1S/C25H25N5O3/c1-2-29(15-21-26-19-9-5-3-7-17(19)24(32)28-21)23(31)14-13-22-27-20-10-6-4-8-18(20)25(33)30(22)16-11-12-16/h3-10,16H,2,11-15H2,1H3,(H,26,28,32). The Kier molecular flexibility index (Phi) is 5.50. The summed E-state index contributed by atoms with van der Waals surface area (Å²) >= 11 is 0. The van der Waals surface area contributed by atoms with Gasteiger partial charge < -0.3 is 9.88 Å². The molecule has 1 aliphatic rings. The van der Waals surface area contributed by atoms with Crippen molar-refractivity contribution in [2.75, 3.05) is 6.54 Å². The average molecular weight is 444 g/mol. The summed E-state index contributed by atoms with van der Waals surface area (Å²) in [7, 11) is 0. The SMILES string of the molecule is CCN(Cc1nc2ccccc2c(=O)[nH]1)C(=O)CCc1nc2ccccc2c(=O)n1C1CC1. The van der Waals surface area contributed by atoms with Crippen molar-refractivity contribution >= 4 is 27.7 Å². The summed E-state index contributed by atoms with van der Waals surface area (Å²) in [6.07, 6.45) is 2.53. The van der Waals surface area contributed by atoms with E-state index in [2.05, 4.69) is 9.97 Å². The molecule has 8 heteroatoms. The van der Waals surface area contributed by atoms with Gasteiger partial charge in [0.15, 0.2) is 0 Å². The van der Waals surface area contributed by atoms with Gasteiger partial charge in [0.25, 0.3) is 11.1 Å². The molecule has 1 saturated carbocycles. The van der Waals surface area contributed by atoms with E-state index in [1.807, 2.05) is 31.2 Å². The second-order valence-corrected chi connectivity index (χ2v) is 8.39. The lowest BCUT2D eigenvalue weighted by Crippen LogP contribution is -2.33. The highest BCUT2D eigenvalue weighted by atomic mass is 16.2. The minimum atomic E-state index is -0.215. The minimum Gasteiger partial charge on any atom is -0.335 e. The minimum absolute atomic E-state index is 0.0316. The molecule has 1 fully saturated rings. The van der Waals surface area contributed by atoms with Crippen LogP contribution in [0.3, 0.4) is 0 Å². The van der Waals surface area contributed by atoms with Gasteiger partial charge >= 0.3 is 0 Å². The van der Waals surface area contributed by atoms with Crippen LogP contribution in [-0.4, -0.2) is 36.9 Å². The second kappa shape index (κ2) is 8.61. The van der Waals surface area contributed by atoms with Crippen molar-refractivity contribution < 1.29 is 4.79 Å². The van der Waals surface area contributed by atoms with E-state index in [9.17, 15) is 14.4 Å². The first kappa shape index (κ1) is 21.1. The third-order valence-electron chi connectivity index (χ3n) is 6.09. The second-order valence-electron chi connectivity index (χ2n) is 8.39. The number of aromatic nitrogens is 4. The molecule has 2 aromatic carbocycles. The number of hydrogen-bond donors (Lipinski definition) is 1. The molecule has 4 aromatic rings. The zero-order valence-corrected chi connectivity index (χ0v) is 18.5. The lowest BCUT2D eigenvalue weighted by Gasteiger charge is -2.21. The van der Waals surface area contributed by atoms with E-state index in [-0.39, 0.29) is 36.0 Å². The van der Waals surface area contributed by atoms with Crippen LogP contribution in [0.15, 0.2) is 58.1 Å². The van der Waals surface area contributed by atoms with Crippen LogP contribution in [-0.2, 0) is 17.8 Å². The number of H-pyrrole nitrogens is 1. The molecule has 0 bridgehead atoms. The summed E-state index contributed by atoms with van der Waals surface area (Å²) in [5, 5.41) is 1.14. The molecule has 8 nitrogen and oxygen atoms in total. The van der Waals surface area contributed by atoms with Gasteiger partial charge in [0, 0.05) is 25.4 Å². The summed E-state index contributed by atoms with van der Waals surface area (Å²) in [4.78, 5) is 52.1. The summed E-state index contributed by atoms with van der Waals surface area (Å²) in [5.41, 5.74) is 1.02. The molecule has 0 radical (unpaired) electrons. The number of para-hydroxylation sites is 2. The van der Waals surface area contributed by atoms with Crippen LogP contribution in [0, 0.1) is 0 Å². The monoisotopic (exact) mass is 443 g/mol. The number of carbonyl (C=O) groups is 1. The van der Waals surface area contributed by atoms with Gasteiger partial charge in [0.2, 0.25) is 5.91 Å². The highest BCUT2D eigenvalue weighted by molar-refractivity contribution is 5.79. The Labute approximate surface area is 189 Å². The zero-order valence-electron chi connectivity index (χ0n) is 18.5. The van der Waals surface area contributed by atoms with Gasteiger partial charge in [-0.3, -0.25) is 19.0 Å². The van der Waals surface area contributed by atoms with Crippen LogP contribution in [0.25, 0.3) is 21.8 Å². The van der Waals surface area contributed by atoms with Crippen LogP contribution in [0.4, 0.5) is 0 Å². The highest BCUT2D eigenvalue weighted by Gasteiger charge is 2.28. The molecule has 1 amide bonds. The summed E-state index contributed by atoms with van der Waals surface area (Å²) < 4.78 is 1.77. The highest BCUT2D eigenvalue weighted by Crippen LogP contribution is 2.35. The van der Waals surface area contributed by atoms with E-state index in [0.717, 1.165) is 12.8 Å². The maximum absolute atomic E-state index is 13.0. The van der Waals surface area contributed by atoms with Crippen molar-refractivity contribution in [2.45, 2.75) is 45.2 Å². The molecule has 0 aliphatic heterocycles. The van der Waals surface area contributed by atoms with Crippen molar-refractivity contribution in [3.05, 3.63) is 80.9 Å². The number of aryl methyl sites for hydroxylation is 1. The molecule has 0 unspecified atom stereocenters. The maximum atomic E-state index is 13.0. The number of fused-ring (bicyclic) bond motifs is 2. The zero-order chi connectivity index (χ0) is 22.9. The molecule has 2 aromatic heterocycles. The number of nitrogens with one attached hydrogen (secondary N) is 1. The third-order valence-corrected chi connectivity index (χ3v) is 6.09. The van der Waals surface area contributed by atoms with Crippen LogP contribution >= 0.6 is 0 Å². The Hall–Kier alpha value is -3.81. The summed E-state index contributed by atoms with van der Waals surface area (Å²) in [5.74, 6) is 1.04. The van der Waals surface area contributed by atoms with Crippen molar-refractivity contribution in [2.24, 2.45) is 0 Å². The maximum Gasteiger partial charge on any atom is 0.261 e. The average Bonchev–Trinajstić information content (AvgIpc) is 3.66. The Morgan fingerprint density at radius 1 is 1.03 bits per heavy atom. The van der Waals surface area contributed by atoms with Crippen molar-refractivity contribution in [1.82, 2.24) is 24.4 Å². The molecule has 33 heavy (non-hydrogen) atoms. The first-order valence-electron chi connectivity index (χ1n) is 11.3. The fourth-order valence-electron chi connectivity index (χ4n) is 4.22. The van der Waals surface area contributed by atoms with E-state index < -0.39 is 0 Å². The van der Waals surface area contributed by atoms with Crippen LogP contribution in [0.2, 0.25) is 0 Å². The predicted octanol–water partition coefficient (Wildman–Crippen LogP) is 2.95. The van der Waals surface area contributed by atoms with E-state index in [0.29, 0.717) is 46.4 Å². The van der Waals surface area contributed by atoms with Crippen LogP contribution in [0.1, 0.15) is 43.9 Å². The number of nitrogens with zero attached hydrogens (tertiary/aromatic N) is 4. The van der Waals surface area contributed by atoms with E-state index in [4.69, 9.17) is 4.98 Å². The number of benzene rings is 2. The van der Waals surface area contributed by atoms with Gasteiger partial charge in [0.1, 0.15) is 11.6 Å². The molecule has 168 valence electrons. The number of hydrogen-bond acceptors (Lipinski definition) is 5. The topological polar surface area (TPSA) is 101 Å². The van der Waals surface area contributed by atoms with Crippen LogP contribution in [0.5, 0.6) is 0 Å². The van der Waals surface area contributed by atoms with Gasteiger partial charge in [-0.15, -0.1) is 0 Å². The van der Waals surface area contributed by atoms with Gasteiger partial charge in [-0.1, -0.05) is 24.3 Å². The van der Waals surface area contributed by atoms with Crippen molar-refractivity contribution in [3.63, 3.8) is 0 Å². The molecule has 0 saturated heterocycles. The lowest BCUT2D eigenvalue weighted by molar-refractivity contribution is -0.131. The van der Waals surface area contributed by atoms with Gasteiger partial charge in [-0.2, -0.15) is 0 Å². The number of amides is 1. The molecule has 5 rings (SSSR count). The first-order chi connectivity index (χ1) is 16.0. The first-order valence-corrected chi connectivity index (χ1v) is 11.3. The molecular formula is C25H25N5O3. The quantitative estimate of drug-likeness (QED) is 0.473. The fraction of sp³-hybridized carbons (Fsp3) is 0.320. The van der Waals surface area contributed by atoms with Crippen LogP contribution < -0.4 is 11.1 Å². The van der Waals surface area contributed by atoms with Gasteiger partial charge in [0.05, 0.1) is 28.4 Å². The van der Waals surface area contributed by atoms with Crippen molar-refractivity contribution in [1.29, 1.82) is 0 Å².